The van der Waals surface area contributed by atoms with Crippen molar-refractivity contribution in [3.8, 4) is 11.5 Å². The number of carbonyl (C=O) groups excluding carboxylic acids is 2. The maximum absolute atomic E-state index is 13.7. The maximum Gasteiger partial charge on any atom is 0.418 e. The third-order valence-electron chi connectivity index (χ3n) is 6.56. The number of fused-ring (bicyclic) bond motifs is 1. The molecule has 0 spiro atoms. The van der Waals surface area contributed by atoms with Crippen LogP contribution in [0.3, 0.4) is 0 Å². The van der Waals surface area contributed by atoms with E-state index in [2.05, 4.69) is 16.0 Å². The van der Waals surface area contributed by atoms with Gasteiger partial charge < -0.3 is 40.5 Å². The number of amides is 4. The predicted molar refractivity (Wildman–Crippen MR) is 150 cm³/mol. The molecule has 1 heterocycles. The van der Waals surface area contributed by atoms with Gasteiger partial charge in [-0.25, -0.2) is 9.59 Å². The summed E-state index contributed by atoms with van der Waals surface area (Å²) in [5.74, 6) is 0.347. The number of carbonyl (C=O) groups is 2. The van der Waals surface area contributed by atoms with Crippen LogP contribution in [0.4, 0.5) is 39.8 Å². The molecule has 5 N–H and O–H groups in total. The number of aliphatic hydroxyl groups excluding tert-OH is 2. The van der Waals surface area contributed by atoms with Crippen molar-refractivity contribution in [1.82, 2.24) is 4.90 Å². The van der Waals surface area contributed by atoms with Gasteiger partial charge in [-0.3, -0.25) is 0 Å². The third kappa shape index (κ3) is 7.62. The molecule has 4 rings (SSSR count). The molecule has 0 fully saturated rings. The highest BCUT2D eigenvalue weighted by atomic mass is 19.4. The van der Waals surface area contributed by atoms with E-state index in [-0.39, 0.29) is 18.8 Å². The number of hydrogen-bond acceptors (Lipinski definition) is 6. The van der Waals surface area contributed by atoms with Gasteiger partial charge in [-0.2, -0.15) is 13.2 Å². The molecule has 42 heavy (non-hydrogen) atoms. The minimum Gasteiger partial charge on any atom is -0.495 e. The van der Waals surface area contributed by atoms with Gasteiger partial charge in [0.05, 0.1) is 30.7 Å². The number of ether oxygens (including phenoxy) is 2. The molecule has 0 saturated heterocycles. The first-order chi connectivity index (χ1) is 20.0. The van der Waals surface area contributed by atoms with Crippen LogP contribution in [-0.4, -0.2) is 60.1 Å². The minimum absolute atomic E-state index is 0.162. The van der Waals surface area contributed by atoms with Crippen molar-refractivity contribution < 1.29 is 42.4 Å². The number of halogens is 3. The molecule has 0 aromatic heterocycles. The zero-order chi connectivity index (χ0) is 30.4. The molecule has 0 aliphatic carbocycles. The number of aryl methyl sites for hydroxylation is 1. The number of alkyl halides is 3. The van der Waals surface area contributed by atoms with E-state index >= 15 is 0 Å². The average Bonchev–Trinajstić information content (AvgIpc) is 2.95. The van der Waals surface area contributed by atoms with Crippen LogP contribution in [0.25, 0.3) is 0 Å². The molecule has 10 nitrogen and oxygen atoms in total. The van der Waals surface area contributed by atoms with E-state index in [0.717, 1.165) is 28.8 Å². The molecule has 1 aliphatic rings. The highest BCUT2D eigenvalue weighted by Crippen LogP contribution is 2.37. The van der Waals surface area contributed by atoms with E-state index in [0.29, 0.717) is 23.5 Å². The van der Waals surface area contributed by atoms with Crippen molar-refractivity contribution in [3.05, 3.63) is 76.9 Å². The van der Waals surface area contributed by atoms with Gasteiger partial charge in [0.2, 0.25) is 0 Å². The molecular weight excluding hydrogens is 557 g/mol. The fraction of sp³-hybridized carbons (Fsp3) is 0.310. The smallest absolute Gasteiger partial charge is 0.418 e. The van der Waals surface area contributed by atoms with E-state index in [1.807, 2.05) is 13.0 Å². The molecule has 3 aromatic carbocycles. The van der Waals surface area contributed by atoms with Gasteiger partial charge in [-0.1, -0.05) is 12.1 Å². The van der Waals surface area contributed by atoms with Crippen LogP contribution < -0.4 is 25.4 Å². The van der Waals surface area contributed by atoms with Crippen molar-refractivity contribution in [1.29, 1.82) is 0 Å². The molecule has 0 bridgehead atoms. The summed E-state index contributed by atoms with van der Waals surface area (Å²) in [4.78, 5) is 26.9. The number of rotatable bonds is 8. The molecule has 13 heteroatoms. The SMILES string of the molecule is COc1ccc(C)cc1NC(=O)Nc1ccc2c(c1)CCN(C(=O)Nc1ccc(OCC(O)CO)cc1C(F)(F)F)C2. The summed E-state index contributed by atoms with van der Waals surface area (Å²) in [7, 11) is 1.51. The topological polar surface area (TPSA) is 132 Å². The number of anilines is 3. The second-order valence-corrected chi connectivity index (χ2v) is 9.72. The van der Waals surface area contributed by atoms with Crippen LogP contribution in [0.15, 0.2) is 54.6 Å². The maximum atomic E-state index is 13.7. The first-order valence-electron chi connectivity index (χ1n) is 13.0. The van der Waals surface area contributed by atoms with Gasteiger partial charge in [-0.05, 0) is 72.5 Å². The van der Waals surface area contributed by atoms with Crippen molar-refractivity contribution in [2.24, 2.45) is 0 Å². The second-order valence-electron chi connectivity index (χ2n) is 9.72. The molecule has 1 aliphatic heterocycles. The first kappa shape index (κ1) is 30.5. The predicted octanol–water partition coefficient (Wildman–Crippen LogP) is 4.99. The Morgan fingerprint density at radius 3 is 2.50 bits per heavy atom. The summed E-state index contributed by atoms with van der Waals surface area (Å²) < 4.78 is 51.6. The lowest BCUT2D eigenvalue weighted by Gasteiger charge is -2.30. The molecule has 3 aromatic rings. The number of aliphatic hydroxyl groups is 2. The average molecular weight is 589 g/mol. The Labute approximate surface area is 240 Å². The van der Waals surface area contributed by atoms with Crippen LogP contribution in [0.5, 0.6) is 11.5 Å². The zero-order valence-corrected chi connectivity index (χ0v) is 22.9. The largest absolute Gasteiger partial charge is 0.495 e. The van der Waals surface area contributed by atoms with Crippen LogP contribution in [0.2, 0.25) is 0 Å². The van der Waals surface area contributed by atoms with Crippen molar-refractivity contribution in [3.63, 3.8) is 0 Å². The lowest BCUT2D eigenvalue weighted by atomic mass is 9.99. The minimum atomic E-state index is -4.79. The van der Waals surface area contributed by atoms with E-state index in [1.54, 1.807) is 30.3 Å². The quantitative estimate of drug-likeness (QED) is 0.252. The molecule has 1 atom stereocenters. The summed E-state index contributed by atoms with van der Waals surface area (Å²) in [5, 5.41) is 26.1. The van der Waals surface area contributed by atoms with Gasteiger partial charge in [-0.15, -0.1) is 0 Å². The van der Waals surface area contributed by atoms with Crippen molar-refractivity contribution >= 4 is 29.1 Å². The molecule has 4 amide bonds. The summed E-state index contributed by atoms with van der Waals surface area (Å²) in [6, 6.07) is 12.5. The summed E-state index contributed by atoms with van der Waals surface area (Å²) >= 11 is 0. The highest BCUT2D eigenvalue weighted by molar-refractivity contribution is 6.00. The fourth-order valence-electron chi connectivity index (χ4n) is 4.40. The van der Waals surface area contributed by atoms with Crippen LogP contribution in [-0.2, 0) is 19.1 Å². The lowest BCUT2D eigenvalue weighted by Crippen LogP contribution is -2.39. The van der Waals surface area contributed by atoms with Gasteiger partial charge >= 0.3 is 18.2 Å². The Morgan fingerprint density at radius 1 is 1.00 bits per heavy atom. The number of nitrogens with one attached hydrogen (secondary N) is 3. The van der Waals surface area contributed by atoms with Crippen molar-refractivity contribution in [2.45, 2.75) is 32.2 Å². The molecule has 1 unspecified atom stereocenters. The lowest BCUT2D eigenvalue weighted by molar-refractivity contribution is -0.137. The molecular formula is C29H31F3N4O6. The van der Waals surface area contributed by atoms with E-state index < -0.39 is 48.8 Å². The standard InChI is InChI=1S/C29H31F3N4O6/c1-17-3-8-26(41-2)25(11-17)34-27(39)33-20-5-4-19-14-36(10-9-18(19)12-20)28(40)35-24-7-6-22(42-16-21(38)15-37)13-23(24)29(30,31)32/h3-8,11-13,21,37-38H,9-10,14-16H2,1-2H3,(H,35,40)(H2,33,34,39). The van der Waals surface area contributed by atoms with Gasteiger partial charge in [0, 0.05) is 18.8 Å². The van der Waals surface area contributed by atoms with E-state index in [9.17, 15) is 27.9 Å². The summed E-state index contributed by atoms with van der Waals surface area (Å²) in [6.07, 6.45) is -5.60. The highest BCUT2D eigenvalue weighted by Gasteiger charge is 2.35. The Kier molecular flexibility index (Phi) is 9.43. The number of urea groups is 2. The van der Waals surface area contributed by atoms with Gasteiger partial charge in [0.1, 0.15) is 24.2 Å². The van der Waals surface area contributed by atoms with Crippen LogP contribution in [0.1, 0.15) is 22.3 Å². The van der Waals surface area contributed by atoms with E-state index in [1.165, 1.54) is 18.1 Å². The summed E-state index contributed by atoms with van der Waals surface area (Å²) in [5.41, 5.74) is 2.15. The Balaban J connectivity index is 1.40. The number of benzene rings is 3. The second kappa shape index (κ2) is 13.0. The zero-order valence-electron chi connectivity index (χ0n) is 22.9. The molecule has 224 valence electrons. The Hall–Kier alpha value is -4.49. The summed E-state index contributed by atoms with van der Waals surface area (Å²) in [6.45, 7) is 1.31. The monoisotopic (exact) mass is 588 g/mol. The number of nitrogens with zero attached hydrogens (tertiary/aromatic N) is 1. The molecule has 0 saturated carbocycles. The normalized spacial score (nSPS) is 13.5. The third-order valence-corrected chi connectivity index (χ3v) is 6.56. The molecule has 0 radical (unpaired) electrons. The number of methoxy groups -OCH3 is 1. The van der Waals surface area contributed by atoms with Gasteiger partial charge in [0.15, 0.2) is 0 Å². The van der Waals surface area contributed by atoms with Gasteiger partial charge in [0.25, 0.3) is 0 Å². The number of hydrogen-bond donors (Lipinski definition) is 5. The van der Waals surface area contributed by atoms with Crippen molar-refractivity contribution in [2.75, 3.05) is 42.8 Å². The van der Waals surface area contributed by atoms with Crippen LogP contribution in [0, 0.1) is 6.92 Å². The first-order valence-corrected chi connectivity index (χ1v) is 13.0. The van der Waals surface area contributed by atoms with E-state index in [4.69, 9.17) is 14.6 Å². The van der Waals surface area contributed by atoms with Crippen LogP contribution >= 0.6 is 0 Å². The fourth-order valence-corrected chi connectivity index (χ4v) is 4.40. The Bertz CT molecular complexity index is 1450. The Morgan fingerprint density at radius 2 is 1.79 bits per heavy atom.